The molecule has 0 aliphatic heterocycles. The van der Waals surface area contributed by atoms with Crippen LogP contribution in [-0.4, -0.2) is 131 Å². The molecule has 8 N–H and O–H groups in total. The number of nitrogen functional groups attached to an aromatic ring is 1. The Kier molecular flexibility index (Phi) is 43.4. The van der Waals surface area contributed by atoms with E-state index in [1.807, 2.05) is 236 Å². The number of hydrogen-bond donors (Lipinski definition) is 7. The minimum Gasteiger partial charge on any atom is -1.00 e. The minimum absolute atomic E-state index is 0. The number of aromatic carboxylic acids is 1. The predicted molar refractivity (Wildman–Crippen MR) is 561 cm³/mol. The van der Waals surface area contributed by atoms with Gasteiger partial charge in [0.2, 0.25) is 0 Å². The van der Waals surface area contributed by atoms with Gasteiger partial charge in [0.1, 0.15) is 25.1 Å². The zero-order valence-electron chi connectivity index (χ0n) is 84.3. The molecule has 2 heterocycles. The Bertz CT molecular complexity index is 6010. The topological polar surface area (TPSA) is 367 Å². The van der Waals surface area contributed by atoms with Crippen molar-refractivity contribution in [2.24, 2.45) is 22.4 Å². The fourth-order valence-electron chi connectivity index (χ4n) is 14.3. The Hall–Kier alpha value is -10.8. The molecule has 0 saturated heterocycles. The van der Waals surface area contributed by atoms with E-state index in [-0.39, 0.29) is 77.6 Å². The third-order valence-corrected chi connectivity index (χ3v) is 30.1. The summed E-state index contributed by atoms with van der Waals surface area (Å²) in [6.07, 6.45) is 12.0. The van der Waals surface area contributed by atoms with Gasteiger partial charge in [0.05, 0.1) is 100 Å². The second kappa shape index (κ2) is 51.6. The molecule has 736 valence electrons. The minimum atomic E-state index is -2.02. The van der Waals surface area contributed by atoms with Crippen molar-refractivity contribution in [3.05, 3.63) is 291 Å². The molecule has 3 saturated carbocycles. The molecule has 2 aromatic heterocycles. The average molecular weight is 2010 g/mol. The van der Waals surface area contributed by atoms with Crippen LogP contribution in [0.4, 0.5) is 26.7 Å². The molecule has 3 aliphatic carbocycles. The number of aromatic nitrogens is 4. The van der Waals surface area contributed by atoms with Gasteiger partial charge in [-0.15, -0.1) is 12.4 Å². The SMILES string of the molecule is CC(C)(C)S(=O)NC(CCC1CC1)(c1ccc(C#N)cc1)c1cccc(N)c1.CC(C)(C)[Si](=O)N=C(CCC1CC1)c1ccc(C#N)cc1.CN(c1c[c-]ccc1)[Si](C)(C)C.Cc1cc(C(=O)Nc2cccc(C(CCC3CC3)(NS(=O)C(C)(C)C)c3ccc(C#N)cc3)c2)n(-c2cccc(CNC(=O)OC(C)(C)C)c2)n1.Cc1cc(C(=O)O)n(-c2cccc(CNC(=O)OC(C)(C)C)c2)n1.Cl.[Cl-].[Mg+2]. The number of nitriles is 3. The number of carboxylic acid groups (broad SMARTS) is 1. The van der Waals surface area contributed by atoms with Crippen molar-refractivity contribution in [3.63, 3.8) is 0 Å². The molecule has 0 radical (unpaired) electrons. The number of anilines is 3. The molecule has 8 aromatic carbocycles. The van der Waals surface area contributed by atoms with Crippen LogP contribution in [0.2, 0.25) is 24.7 Å². The van der Waals surface area contributed by atoms with E-state index in [2.05, 4.69) is 102 Å². The number of carbonyl (C=O) groups is 4. The second-order valence-electron chi connectivity index (χ2n) is 41.1. The number of carbonyl (C=O) groups excluding carboxylic acids is 3. The number of nitrogens with zero attached hydrogens (tertiary/aromatic N) is 9. The smallest absolute Gasteiger partial charge is 1.00 e. The van der Waals surface area contributed by atoms with Gasteiger partial charge in [-0.05, 0) is 296 Å². The van der Waals surface area contributed by atoms with Crippen molar-refractivity contribution < 1.29 is 59.0 Å². The van der Waals surface area contributed by atoms with Crippen LogP contribution in [0.3, 0.4) is 0 Å². The van der Waals surface area contributed by atoms with E-state index in [0.717, 1.165) is 88.6 Å². The van der Waals surface area contributed by atoms with E-state index in [1.165, 1.54) is 55.0 Å². The molecule has 32 heteroatoms. The Balaban J connectivity index is 0.000000287. The number of rotatable bonds is 30. The maximum atomic E-state index is 13.9. The van der Waals surface area contributed by atoms with Gasteiger partial charge in [0, 0.05) is 35.2 Å². The first-order valence-electron chi connectivity index (χ1n) is 46.4. The molecule has 0 bridgehead atoms. The van der Waals surface area contributed by atoms with E-state index in [1.54, 1.807) is 80.9 Å². The van der Waals surface area contributed by atoms with Crippen LogP contribution in [0.1, 0.15) is 269 Å². The zero-order chi connectivity index (χ0) is 99.9. The van der Waals surface area contributed by atoms with Crippen LogP contribution in [-0.2, 0) is 60.1 Å². The van der Waals surface area contributed by atoms with Crippen LogP contribution in [0.25, 0.3) is 11.4 Å². The first kappa shape index (κ1) is 117. The summed E-state index contributed by atoms with van der Waals surface area (Å²) in [5, 5.41) is 53.9. The molecule has 3 fully saturated rings. The quantitative estimate of drug-likeness (QED) is 0.00951. The fraction of sp³-hybridized carbons (Fsp3) is 0.421. The Labute approximate surface area is 858 Å². The van der Waals surface area contributed by atoms with Gasteiger partial charge in [-0.2, -0.15) is 56.3 Å². The summed E-state index contributed by atoms with van der Waals surface area (Å²) >= 11 is 0. The number of carboxylic acids is 1. The van der Waals surface area contributed by atoms with Crippen LogP contribution >= 0.6 is 12.4 Å². The van der Waals surface area contributed by atoms with Gasteiger partial charge in [0.25, 0.3) is 5.91 Å². The number of hydrogen-bond acceptors (Lipinski definition) is 16. The standard InChI is InChI=1S/C40H48N6O4S.C23H29N3OS.C17H21N3O4.C17H22N2OSi.C10H16NSi.2ClH.Mg/c1-27-22-35(46(44-27)34-13-8-10-30(23-34)26-42-37(48)50-38(2,3)4)36(47)43-33-12-9-11-32(24-33)40(21-20-28-14-15-28,45-51(49)39(5,6)7)31-18-16-29(25-41)17-19-31;1-22(2,3)28(27)26-23(14-13-17-7-8-17,20-5-4-6-21(25)15-20)19-11-9-18(16-24)10-12-19;1-11-8-14(15(21)22)20(19-11)13-7-5-6-12(9-13)10-18-16(23)24-17(2,3)4;1-17(2,3)21(20)19-16(11-8-13-4-5-13)15-9-6-14(12-18)7-10-15;1-11(12(2,3)4)10-8-6-5-7-9-10;;;/h8-13,16-19,22-24,28,45H,14-15,20-21,26H2,1-7H3,(H,42,48)(H,43,47);4-6,9-12,15,17,26H,7-8,13-14,25H2,1-3H3;5-9H,10H2,1-4H3,(H,18,23)(H,21,22);6-7,9-10,13H,4-5,8,11H2,1-3H3;5-6,8-9H,1-4H3;2*1H;/q;;;;-1;;;+2/p-1. The van der Waals surface area contributed by atoms with Crippen LogP contribution in [0.5, 0.6) is 0 Å². The molecule has 13 rings (SSSR count). The summed E-state index contributed by atoms with van der Waals surface area (Å²) < 4.78 is 65.9. The van der Waals surface area contributed by atoms with Gasteiger partial charge in [-0.25, -0.2) is 41.6 Å². The third-order valence-electron chi connectivity index (χ3n) is 22.8. The van der Waals surface area contributed by atoms with Crippen LogP contribution in [0, 0.1) is 71.7 Å². The summed E-state index contributed by atoms with van der Waals surface area (Å²) in [5.74, 6) is 0.783. The molecule has 25 nitrogen and oxygen atoms in total. The summed E-state index contributed by atoms with van der Waals surface area (Å²) in [6.45, 7) is 39.5. The van der Waals surface area contributed by atoms with Gasteiger partial charge >= 0.3 is 50.1 Å². The molecule has 4 unspecified atom stereocenters. The molecule has 3 amide bonds. The number of alkyl carbamates (subject to hydrolysis) is 2. The Morgan fingerprint density at radius 3 is 1.36 bits per heavy atom. The van der Waals surface area contributed by atoms with E-state index in [4.69, 9.17) is 20.5 Å². The van der Waals surface area contributed by atoms with E-state index in [9.17, 15) is 47.7 Å². The second-order valence-corrected chi connectivity index (χ2v) is 52.4. The van der Waals surface area contributed by atoms with Crippen LogP contribution in [0.15, 0.2) is 211 Å². The maximum Gasteiger partial charge on any atom is 2.00 e. The van der Waals surface area contributed by atoms with Crippen molar-refractivity contribution in [2.75, 3.05) is 22.7 Å². The Morgan fingerprint density at radius 2 is 0.971 bits per heavy atom. The van der Waals surface area contributed by atoms with E-state index >= 15 is 0 Å². The number of aryl methyl sites for hydroxylation is 2. The van der Waals surface area contributed by atoms with Crippen molar-refractivity contribution in [2.45, 2.75) is 264 Å². The number of nitrogens with one attached hydrogen (secondary N) is 5. The number of halogens is 2. The summed E-state index contributed by atoms with van der Waals surface area (Å²) in [7, 11) is -3.75. The maximum absolute atomic E-state index is 13.9. The van der Waals surface area contributed by atoms with E-state index < -0.39 is 89.0 Å². The fourth-order valence-corrected chi connectivity index (χ4v) is 18.0. The monoisotopic (exact) mass is 2010 g/mol. The molecular formula is C107H137Cl2MgN15O10S2Si2. The number of amides is 3. The normalized spacial score (nSPS) is 14.3. The number of benzene rings is 8. The van der Waals surface area contributed by atoms with Crippen molar-refractivity contribution in [1.29, 1.82) is 15.8 Å². The molecule has 139 heavy (non-hydrogen) atoms. The average Bonchev–Trinajstić information content (AvgIpc) is 1.34. The van der Waals surface area contributed by atoms with Crippen molar-refractivity contribution >= 4 is 121 Å². The molecule has 3 aliphatic rings. The summed E-state index contributed by atoms with van der Waals surface area (Å²) in [6, 6.07) is 73.6. The van der Waals surface area contributed by atoms with Gasteiger partial charge < -0.3 is 57.7 Å². The molecule has 0 spiro atoms. The van der Waals surface area contributed by atoms with E-state index in [0.29, 0.717) is 68.9 Å². The van der Waals surface area contributed by atoms with Crippen LogP contribution < -0.4 is 48.1 Å². The zero-order valence-corrected chi connectivity index (χ0v) is 90.9. The molecule has 10 aromatic rings. The number of nitrogens with two attached hydrogens (primary N) is 1. The van der Waals surface area contributed by atoms with Gasteiger partial charge in [-0.3, -0.25) is 9.45 Å². The number of ether oxygens (including phenoxy) is 2. The first-order chi connectivity index (χ1) is 63.9. The largest absolute Gasteiger partial charge is 2.00 e. The third kappa shape index (κ3) is 36.7. The molecular weight excluding hydrogens is 1870 g/mol. The van der Waals surface area contributed by atoms with Crippen molar-refractivity contribution in [1.82, 2.24) is 39.6 Å². The summed E-state index contributed by atoms with van der Waals surface area (Å²) in [5.41, 5.74) is 18.2. The predicted octanol–water partition coefficient (Wildman–Crippen LogP) is 19.4. The van der Waals surface area contributed by atoms with Crippen molar-refractivity contribution in [3.8, 4) is 29.6 Å². The van der Waals surface area contributed by atoms with Gasteiger partial charge in [0.15, 0.2) is 5.69 Å². The molecule has 4 atom stereocenters. The Morgan fingerprint density at radius 1 is 0.561 bits per heavy atom. The van der Waals surface area contributed by atoms with Gasteiger partial charge in [-0.1, -0.05) is 170 Å². The first-order valence-corrected chi connectivity index (χ1v) is 53.5. The summed E-state index contributed by atoms with van der Waals surface area (Å²) in [4.78, 5) is 49.2.